The Hall–Kier alpha value is -3.78. The predicted molar refractivity (Wildman–Crippen MR) is 127 cm³/mol. The number of aliphatic imine (C=N–C) groups is 1. The Bertz CT molecular complexity index is 856. The topological polar surface area (TPSA) is 247 Å². The minimum atomic E-state index is -0.966. The van der Waals surface area contributed by atoms with Gasteiger partial charge in [-0.2, -0.15) is 0 Å². The summed E-state index contributed by atoms with van der Waals surface area (Å²) in [5, 5.41) is 18.4. The van der Waals surface area contributed by atoms with Crippen molar-refractivity contribution in [2.24, 2.45) is 27.9 Å². The van der Waals surface area contributed by atoms with E-state index in [1.165, 1.54) is 24.3 Å². The zero-order chi connectivity index (χ0) is 25.5. The van der Waals surface area contributed by atoms with Gasteiger partial charge < -0.3 is 38.9 Å². The molecule has 11 N–H and O–H groups in total. The van der Waals surface area contributed by atoms with Gasteiger partial charge in [-0.05, 0) is 44.4 Å². The van der Waals surface area contributed by atoms with Crippen LogP contribution < -0.4 is 38.9 Å². The lowest BCUT2D eigenvalue weighted by molar-refractivity contribution is -0.384. The number of hydrogen-bond donors (Lipinski definition) is 7. The average molecular weight is 480 g/mol. The Labute approximate surface area is 197 Å². The van der Waals surface area contributed by atoms with Crippen LogP contribution in [0.1, 0.15) is 32.1 Å². The molecule has 0 aliphatic rings. The molecule has 188 valence electrons. The number of nitro groups is 1. The van der Waals surface area contributed by atoms with Crippen molar-refractivity contribution in [1.82, 2.24) is 10.6 Å². The van der Waals surface area contributed by atoms with Crippen LogP contribution in [0.25, 0.3) is 0 Å². The Morgan fingerprint density at radius 2 is 1.71 bits per heavy atom. The highest BCUT2D eigenvalue weighted by Gasteiger charge is 2.22. The van der Waals surface area contributed by atoms with E-state index in [9.17, 15) is 24.5 Å². The van der Waals surface area contributed by atoms with E-state index in [4.69, 9.17) is 22.9 Å². The molecule has 0 saturated heterocycles. The number of benzene rings is 1. The minimum Gasteiger partial charge on any atom is -0.370 e. The number of nitro benzene ring substituents is 1. The van der Waals surface area contributed by atoms with Crippen LogP contribution in [-0.2, 0) is 14.4 Å². The number of non-ortho nitro benzene ring substituents is 1. The maximum Gasteiger partial charge on any atom is 0.269 e. The number of anilines is 1. The first kappa shape index (κ1) is 28.3. The number of hydrogen-bond acceptors (Lipinski definition) is 8. The van der Waals surface area contributed by atoms with Crippen molar-refractivity contribution in [2.45, 2.75) is 44.2 Å². The molecule has 0 heterocycles. The summed E-state index contributed by atoms with van der Waals surface area (Å²) in [5.74, 6) is -1.71. The van der Waals surface area contributed by atoms with Crippen LogP contribution in [0.2, 0.25) is 0 Å². The zero-order valence-electron chi connectivity index (χ0n) is 18.9. The lowest BCUT2D eigenvalue weighted by Crippen LogP contribution is -2.49. The van der Waals surface area contributed by atoms with E-state index in [2.05, 4.69) is 20.9 Å². The van der Waals surface area contributed by atoms with Crippen LogP contribution in [0.3, 0.4) is 0 Å². The predicted octanol–water partition coefficient (Wildman–Crippen LogP) is -1.36. The van der Waals surface area contributed by atoms with E-state index in [0.717, 1.165) is 6.42 Å². The Balaban J connectivity index is 2.69. The Morgan fingerprint density at radius 1 is 1.03 bits per heavy atom. The maximum absolute atomic E-state index is 12.7. The van der Waals surface area contributed by atoms with Crippen molar-refractivity contribution in [3.05, 3.63) is 34.4 Å². The molecule has 0 fully saturated rings. The lowest BCUT2D eigenvalue weighted by Gasteiger charge is -2.19. The molecule has 14 heteroatoms. The number of nitrogens with two attached hydrogens (primary N) is 4. The number of rotatable bonds is 15. The second kappa shape index (κ2) is 15.1. The highest BCUT2D eigenvalue weighted by atomic mass is 16.6. The van der Waals surface area contributed by atoms with Crippen LogP contribution in [0.4, 0.5) is 11.4 Å². The second-order valence-electron chi connectivity index (χ2n) is 7.47. The molecule has 14 nitrogen and oxygen atoms in total. The van der Waals surface area contributed by atoms with E-state index < -0.39 is 34.7 Å². The van der Waals surface area contributed by atoms with Crippen LogP contribution in [0.5, 0.6) is 0 Å². The molecule has 3 amide bonds. The molecule has 34 heavy (non-hydrogen) atoms. The molecule has 2 atom stereocenters. The molecule has 0 aromatic heterocycles. The number of nitrogens with zero attached hydrogens (tertiary/aromatic N) is 2. The quantitative estimate of drug-likeness (QED) is 0.0515. The van der Waals surface area contributed by atoms with Gasteiger partial charge in [-0.3, -0.25) is 29.5 Å². The fraction of sp³-hybridized carbons (Fsp3) is 0.500. The normalized spacial score (nSPS) is 12.2. The molecule has 0 aliphatic carbocycles. The molecule has 0 radical (unpaired) electrons. The fourth-order valence-electron chi connectivity index (χ4n) is 2.85. The number of amides is 3. The van der Waals surface area contributed by atoms with Crippen molar-refractivity contribution in [3.8, 4) is 0 Å². The summed E-state index contributed by atoms with van der Waals surface area (Å²) in [5.41, 5.74) is 22.0. The molecule has 0 aliphatic heterocycles. The molecular weight excluding hydrogens is 446 g/mol. The summed E-state index contributed by atoms with van der Waals surface area (Å²) >= 11 is 0. The molecule has 1 aromatic carbocycles. The summed E-state index contributed by atoms with van der Waals surface area (Å²) in [6.45, 7) is 0.385. The van der Waals surface area contributed by atoms with E-state index >= 15 is 0 Å². The molecule has 2 unspecified atom stereocenters. The molecule has 0 spiro atoms. The molecule has 0 bridgehead atoms. The third-order valence-electron chi connectivity index (χ3n) is 4.67. The van der Waals surface area contributed by atoms with Gasteiger partial charge in [0.05, 0.1) is 17.5 Å². The SMILES string of the molecule is NCCCCC(N)C(=O)NCC(=O)NC(CCCN=C(N)N)C(=O)Nc1ccc([N+](=O)[O-])cc1. The van der Waals surface area contributed by atoms with Crippen molar-refractivity contribution in [3.63, 3.8) is 0 Å². The minimum absolute atomic E-state index is 0.0959. The van der Waals surface area contributed by atoms with Gasteiger partial charge in [0.25, 0.3) is 5.69 Å². The monoisotopic (exact) mass is 479 g/mol. The number of nitrogens with one attached hydrogen (secondary N) is 3. The Morgan fingerprint density at radius 3 is 2.29 bits per heavy atom. The van der Waals surface area contributed by atoms with Crippen LogP contribution in [0, 0.1) is 10.1 Å². The van der Waals surface area contributed by atoms with Crippen molar-refractivity contribution < 1.29 is 19.3 Å². The van der Waals surface area contributed by atoms with Crippen LogP contribution in [0.15, 0.2) is 29.3 Å². The summed E-state index contributed by atoms with van der Waals surface area (Å²) < 4.78 is 0. The number of carbonyl (C=O) groups excluding carboxylic acids is 3. The first-order chi connectivity index (χ1) is 16.1. The van der Waals surface area contributed by atoms with Gasteiger partial charge in [0.1, 0.15) is 6.04 Å². The first-order valence-corrected chi connectivity index (χ1v) is 10.8. The summed E-state index contributed by atoms with van der Waals surface area (Å²) in [6, 6.07) is 3.51. The third kappa shape index (κ3) is 11.2. The lowest BCUT2D eigenvalue weighted by atomic mass is 10.1. The average Bonchev–Trinajstić information content (AvgIpc) is 2.79. The summed E-state index contributed by atoms with van der Waals surface area (Å²) in [4.78, 5) is 51.2. The van der Waals surface area contributed by atoms with Crippen molar-refractivity contribution >= 4 is 35.1 Å². The van der Waals surface area contributed by atoms with Gasteiger partial charge in [0, 0.05) is 24.4 Å². The maximum atomic E-state index is 12.7. The van der Waals surface area contributed by atoms with Gasteiger partial charge in [-0.1, -0.05) is 6.42 Å². The molecule has 1 aromatic rings. The number of carbonyl (C=O) groups is 3. The smallest absolute Gasteiger partial charge is 0.269 e. The van der Waals surface area contributed by atoms with Gasteiger partial charge in [0.2, 0.25) is 17.7 Å². The summed E-state index contributed by atoms with van der Waals surface area (Å²) in [6.07, 6.45) is 2.46. The summed E-state index contributed by atoms with van der Waals surface area (Å²) in [7, 11) is 0. The number of unbranched alkanes of at least 4 members (excludes halogenated alkanes) is 1. The second-order valence-corrected chi connectivity index (χ2v) is 7.47. The van der Waals surface area contributed by atoms with Gasteiger partial charge in [0.15, 0.2) is 5.96 Å². The van der Waals surface area contributed by atoms with Crippen molar-refractivity contribution in [1.29, 1.82) is 0 Å². The molecule has 1 rings (SSSR count). The highest BCUT2D eigenvalue weighted by molar-refractivity contribution is 5.98. The van der Waals surface area contributed by atoms with Crippen molar-refractivity contribution in [2.75, 3.05) is 25.0 Å². The van der Waals surface area contributed by atoms with Gasteiger partial charge in [-0.15, -0.1) is 0 Å². The Kier molecular flexibility index (Phi) is 12.6. The van der Waals surface area contributed by atoms with Crippen LogP contribution in [-0.4, -0.2) is 60.3 Å². The van der Waals surface area contributed by atoms with Crippen LogP contribution >= 0.6 is 0 Å². The highest BCUT2D eigenvalue weighted by Crippen LogP contribution is 2.16. The van der Waals surface area contributed by atoms with E-state index in [1.54, 1.807) is 0 Å². The van der Waals surface area contributed by atoms with Gasteiger partial charge >= 0.3 is 0 Å². The molecule has 0 saturated carbocycles. The number of guanidine groups is 1. The fourth-order valence-corrected chi connectivity index (χ4v) is 2.85. The first-order valence-electron chi connectivity index (χ1n) is 10.8. The largest absolute Gasteiger partial charge is 0.370 e. The van der Waals surface area contributed by atoms with Gasteiger partial charge in [-0.25, -0.2) is 0 Å². The standard InChI is InChI=1S/C20H33N9O5/c21-10-2-1-4-15(22)18(31)26-12-17(30)28-16(5-3-11-25-20(23)24)19(32)27-13-6-8-14(9-7-13)29(33)34/h6-9,15-16H,1-5,10-12,21-22H2,(H,26,31)(H,27,32)(H,28,30)(H4,23,24,25). The molecular formula is C20H33N9O5. The van der Waals surface area contributed by atoms with E-state index in [-0.39, 0.29) is 31.2 Å². The zero-order valence-corrected chi connectivity index (χ0v) is 18.9. The van der Waals surface area contributed by atoms with E-state index in [0.29, 0.717) is 31.5 Å². The third-order valence-corrected chi connectivity index (χ3v) is 4.67. The van der Waals surface area contributed by atoms with E-state index in [1.807, 2.05) is 0 Å².